The van der Waals surface area contributed by atoms with Crippen LogP contribution in [0.1, 0.15) is 12.0 Å². The third-order valence-electron chi connectivity index (χ3n) is 5.84. The summed E-state index contributed by atoms with van der Waals surface area (Å²) in [5.41, 5.74) is 2.76. The Morgan fingerprint density at radius 2 is 1.77 bits per heavy atom. The highest BCUT2D eigenvalue weighted by Crippen LogP contribution is 2.33. The number of benzene rings is 2. The van der Waals surface area contributed by atoms with Crippen molar-refractivity contribution < 1.29 is 14.3 Å². The van der Waals surface area contributed by atoms with E-state index in [9.17, 15) is 9.59 Å². The summed E-state index contributed by atoms with van der Waals surface area (Å²) in [6, 6.07) is 13.6. The average molecular weight is 428 g/mol. The third-order valence-corrected chi connectivity index (χ3v) is 6.08. The van der Waals surface area contributed by atoms with E-state index in [1.54, 1.807) is 12.0 Å². The minimum absolute atomic E-state index is 0.111. The number of Topliss-reactive ketones (excluding diaryl/α,β-unsaturated/α-hetero) is 1. The number of rotatable bonds is 6. The van der Waals surface area contributed by atoms with Gasteiger partial charge in [-0.25, -0.2) is 0 Å². The van der Waals surface area contributed by atoms with Crippen LogP contribution in [0.3, 0.4) is 0 Å². The largest absolute Gasteiger partial charge is 0.496 e. The van der Waals surface area contributed by atoms with Crippen molar-refractivity contribution in [1.82, 2.24) is 4.90 Å². The smallest absolute Gasteiger partial charge is 0.294 e. The van der Waals surface area contributed by atoms with Gasteiger partial charge in [0, 0.05) is 55.4 Å². The zero-order valence-corrected chi connectivity index (χ0v) is 17.9. The Morgan fingerprint density at radius 3 is 2.50 bits per heavy atom. The molecule has 1 saturated heterocycles. The fourth-order valence-electron chi connectivity index (χ4n) is 4.25. The van der Waals surface area contributed by atoms with Crippen molar-refractivity contribution in [1.29, 1.82) is 0 Å². The highest BCUT2D eigenvalue weighted by atomic mass is 35.5. The van der Waals surface area contributed by atoms with Gasteiger partial charge in [-0.3, -0.25) is 14.5 Å². The summed E-state index contributed by atoms with van der Waals surface area (Å²) < 4.78 is 5.39. The van der Waals surface area contributed by atoms with Gasteiger partial charge in [0.25, 0.3) is 5.91 Å². The second-order valence-corrected chi connectivity index (χ2v) is 8.11. The zero-order valence-electron chi connectivity index (χ0n) is 17.1. The van der Waals surface area contributed by atoms with E-state index in [0.717, 1.165) is 61.1 Å². The molecule has 0 bridgehead atoms. The van der Waals surface area contributed by atoms with Gasteiger partial charge in [-0.1, -0.05) is 23.7 Å². The van der Waals surface area contributed by atoms with Gasteiger partial charge in [0.1, 0.15) is 5.75 Å². The van der Waals surface area contributed by atoms with Gasteiger partial charge in [-0.15, -0.1) is 0 Å². The predicted octanol–water partition coefficient (Wildman–Crippen LogP) is 3.02. The molecule has 30 heavy (non-hydrogen) atoms. The zero-order chi connectivity index (χ0) is 21.1. The van der Waals surface area contributed by atoms with Crippen molar-refractivity contribution in [2.45, 2.75) is 12.8 Å². The van der Waals surface area contributed by atoms with Crippen LogP contribution < -0.4 is 14.5 Å². The average Bonchev–Trinajstić information content (AvgIpc) is 2.76. The van der Waals surface area contributed by atoms with E-state index in [1.165, 1.54) is 0 Å². The number of methoxy groups -OCH3 is 1. The molecule has 0 aromatic heterocycles. The summed E-state index contributed by atoms with van der Waals surface area (Å²) in [5, 5.41) is 0.757. The predicted molar refractivity (Wildman–Crippen MR) is 119 cm³/mol. The number of hydrogen-bond donors (Lipinski definition) is 0. The minimum Gasteiger partial charge on any atom is -0.496 e. The van der Waals surface area contributed by atoms with Crippen LogP contribution in [0, 0.1) is 0 Å². The number of ketones is 1. The topological polar surface area (TPSA) is 53.1 Å². The lowest BCUT2D eigenvalue weighted by atomic mass is 9.99. The van der Waals surface area contributed by atoms with Gasteiger partial charge < -0.3 is 14.5 Å². The summed E-state index contributed by atoms with van der Waals surface area (Å²) in [6.45, 7) is 5.23. The van der Waals surface area contributed by atoms with Crippen LogP contribution in [0.25, 0.3) is 0 Å². The Hall–Kier alpha value is -2.57. The number of halogens is 1. The first-order valence-electron chi connectivity index (χ1n) is 10.3. The highest BCUT2D eigenvalue weighted by Gasteiger charge is 2.32. The van der Waals surface area contributed by atoms with E-state index in [2.05, 4.69) is 15.9 Å². The van der Waals surface area contributed by atoms with Crippen molar-refractivity contribution >= 4 is 34.7 Å². The van der Waals surface area contributed by atoms with Crippen LogP contribution in [0.4, 0.5) is 11.4 Å². The SMILES string of the molecule is COc1cccc2c1CC(=O)C(=O)N2CCCN1CCN(c2cccc(Cl)c2)CC1. The number of hydrogen-bond acceptors (Lipinski definition) is 5. The first-order chi connectivity index (χ1) is 14.6. The molecule has 0 radical (unpaired) electrons. The van der Waals surface area contributed by atoms with Crippen LogP contribution in [0.15, 0.2) is 42.5 Å². The molecule has 0 saturated carbocycles. The Morgan fingerprint density at radius 1 is 1.00 bits per heavy atom. The Balaban J connectivity index is 1.33. The Labute approximate surface area is 182 Å². The van der Waals surface area contributed by atoms with Crippen molar-refractivity contribution in [3.8, 4) is 5.75 Å². The van der Waals surface area contributed by atoms with Gasteiger partial charge in [0.15, 0.2) is 0 Å². The highest BCUT2D eigenvalue weighted by molar-refractivity contribution is 6.43. The second-order valence-electron chi connectivity index (χ2n) is 7.68. The lowest BCUT2D eigenvalue weighted by Crippen LogP contribution is -2.47. The van der Waals surface area contributed by atoms with E-state index in [0.29, 0.717) is 12.3 Å². The molecule has 2 aromatic rings. The standard InChI is InChI=1S/C23H26ClN3O3/c1-30-22-8-3-7-20-19(22)16-21(28)23(29)27(20)10-4-9-25-11-13-26(14-12-25)18-6-2-5-17(24)15-18/h2-3,5-8,15H,4,9-14,16H2,1H3. The number of anilines is 2. The number of amides is 1. The molecule has 0 spiro atoms. The number of fused-ring (bicyclic) bond motifs is 1. The van der Waals surface area contributed by atoms with E-state index >= 15 is 0 Å². The van der Waals surface area contributed by atoms with Crippen LogP contribution in [-0.2, 0) is 16.0 Å². The van der Waals surface area contributed by atoms with Crippen molar-refractivity contribution in [2.75, 3.05) is 56.2 Å². The summed E-state index contributed by atoms with van der Waals surface area (Å²) in [5.74, 6) is -0.126. The van der Waals surface area contributed by atoms with Crippen LogP contribution in [0.5, 0.6) is 5.75 Å². The third kappa shape index (κ3) is 4.30. The van der Waals surface area contributed by atoms with Crippen LogP contribution in [-0.4, -0.2) is 63.0 Å². The molecule has 4 rings (SSSR count). The maximum absolute atomic E-state index is 12.5. The van der Waals surface area contributed by atoms with Crippen molar-refractivity contribution in [2.24, 2.45) is 0 Å². The Bertz CT molecular complexity index is 941. The molecule has 6 nitrogen and oxygen atoms in total. The summed E-state index contributed by atoms with van der Waals surface area (Å²) >= 11 is 6.11. The summed E-state index contributed by atoms with van der Waals surface area (Å²) in [7, 11) is 1.59. The number of ether oxygens (including phenoxy) is 1. The van der Waals surface area contributed by atoms with Gasteiger partial charge >= 0.3 is 0 Å². The molecule has 0 aliphatic carbocycles. The molecule has 2 heterocycles. The molecule has 0 unspecified atom stereocenters. The molecule has 2 aliphatic heterocycles. The number of nitrogens with zero attached hydrogens (tertiary/aromatic N) is 3. The van der Waals surface area contributed by atoms with E-state index in [1.807, 2.05) is 36.4 Å². The first-order valence-corrected chi connectivity index (χ1v) is 10.7. The summed E-state index contributed by atoms with van der Waals surface area (Å²) in [4.78, 5) is 31.1. The molecule has 2 aliphatic rings. The van der Waals surface area contributed by atoms with Crippen molar-refractivity contribution in [3.05, 3.63) is 53.1 Å². The quantitative estimate of drug-likeness (QED) is 0.663. The fraction of sp³-hybridized carbons (Fsp3) is 0.391. The molecule has 158 valence electrons. The molecule has 2 aromatic carbocycles. The van der Waals surface area contributed by atoms with Gasteiger partial charge in [0.05, 0.1) is 12.8 Å². The molecule has 7 heteroatoms. The number of carbonyl (C=O) groups is 2. The number of carbonyl (C=O) groups excluding carboxylic acids is 2. The van der Waals surface area contributed by atoms with E-state index < -0.39 is 5.91 Å². The first kappa shape index (κ1) is 20.7. The molecule has 0 atom stereocenters. The van der Waals surface area contributed by atoms with E-state index in [4.69, 9.17) is 16.3 Å². The van der Waals surface area contributed by atoms with Crippen LogP contribution in [0.2, 0.25) is 5.02 Å². The summed E-state index contributed by atoms with van der Waals surface area (Å²) in [6.07, 6.45) is 0.924. The van der Waals surface area contributed by atoms with E-state index in [-0.39, 0.29) is 12.2 Å². The molecule has 1 amide bonds. The van der Waals surface area contributed by atoms with Gasteiger partial charge in [-0.05, 0) is 43.3 Å². The van der Waals surface area contributed by atoms with Gasteiger partial charge in [-0.2, -0.15) is 0 Å². The monoisotopic (exact) mass is 427 g/mol. The molecular formula is C23H26ClN3O3. The lowest BCUT2D eigenvalue weighted by Gasteiger charge is -2.36. The molecule has 1 fully saturated rings. The Kier molecular flexibility index (Phi) is 6.25. The molecule has 0 N–H and O–H groups in total. The van der Waals surface area contributed by atoms with Crippen molar-refractivity contribution in [3.63, 3.8) is 0 Å². The fourth-order valence-corrected chi connectivity index (χ4v) is 4.43. The minimum atomic E-state index is -0.415. The normalized spacial score (nSPS) is 17.3. The maximum Gasteiger partial charge on any atom is 0.294 e. The van der Waals surface area contributed by atoms with Gasteiger partial charge in [0.2, 0.25) is 5.78 Å². The second kappa shape index (κ2) is 9.06. The number of piperazine rings is 1. The molecular weight excluding hydrogens is 402 g/mol. The maximum atomic E-state index is 12.5. The lowest BCUT2D eigenvalue weighted by molar-refractivity contribution is -0.136. The van der Waals surface area contributed by atoms with Crippen LogP contribution >= 0.6 is 11.6 Å².